The molecule has 15 heteroatoms. The summed E-state index contributed by atoms with van der Waals surface area (Å²) >= 11 is 0. The van der Waals surface area contributed by atoms with E-state index < -0.39 is 87.7 Å². The highest BCUT2D eigenvalue weighted by molar-refractivity contribution is 7.93. The molecule has 2 aliphatic carbocycles. The Morgan fingerprint density at radius 1 is 1.21 bits per heavy atom. The highest BCUT2D eigenvalue weighted by Gasteiger charge is 2.57. The average Bonchev–Trinajstić information content (AvgIpc) is 3.38. The molecule has 8 nitrogen and oxygen atoms in total. The van der Waals surface area contributed by atoms with E-state index in [4.69, 9.17) is 5.11 Å². The maximum atomic E-state index is 15.0. The van der Waals surface area contributed by atoms with Crippen molar-refractivity contribution in [3.8, 4) is 0 Å². The van der Waals surface area contributed by atoms with E-state index in [-0.39, 0.29) is 23.4 Å². The van der Waals surface area contributed by atoms with Gasteiger partial charge in [0.1, 0.15) is 23.6 Å². The van der Waals surface area contributed by atoms with Crippen LogP contribution in [0.15, 0.2) is 33.5 Å². The molecule has 0 aliphatic heterocycles. The molecule has 2 amide bonds. The molecule has 0 saturated heterocycles. The minimum absolute atomic E-state index is 0.0627. The first-order valence-corrected chi connectivity index (χ1v) is 13.3. The number of benzene rings is 1. The Hall–Kier alpha value is -2.94. The largest absolute Gasteiger partial charge is 0.420 e. The highest BCUT2D eigenvalue weighted by atomic mass is 32.2. The van der Waals surface area contributed by atoms with Gasteiger partial charge in [-0.3, -0.25) is 14.3 Å². The van der Waals surface area contributed by atoms with Gasteiger partial charge in [-0.1, -0.05) is 13.0 Å². The van der Waals surface area contributed by atoms with E-state index in [1.807, 2.05) is 0 Å². The molecule has 0 radical (unpaired) electrons. The van der Waals surface area contributed by atoms with Crippen molar-refractivity contribution >= 4 is 27.2 Å². The zero-order chi connectivity index (χ0) is 28.3. The Kier molecular flexibility index (Phi) is 6.70. The maximum Gasteiger partial charge on any atom is 0.420 e. The summed E-state index contributed by atoms with van der Waals surface area (Å²) in [6, 6.07) is 4.99. The number of alkyl halides is 6. The van der Waals surface area contributed by atoms with E-state index in [2.05, 4.69) is 14.8 Å². The predicted octanol–water partition coefficient (Wildman–Crippen LogP) is 4.52. The standard InChI is InChI=1S/C23H24F6N4O4S/c1-20(10-22(25,26)11-20)12-33-17(16(23(27,28)29)18(31-33)21(24)6-7-21)19(36)30-13-4-3-5-14(8-13)38(2,37)32-15(35)9-34/h3-5,8,34H,6-7,9-12H2,1-2H3,(H,30,36). The summed E-state index contributed by atoms with van der Waals surface area (Å²) in [5, 5.41) is 14.9. The molecule has 4 rings (SSSR count). The third kappa shape index (κ3) is 5.58. The average molecular weight is 567 g/mol. The van der Waals surface area contributed by atoms with Gasteiger partial charge in [0.25, 0.3) is 11.8 Å². The van der Waals surface area contributed by atoms with Gasteiger partial charge in [0.15, 0.2) is 5.67 Å². The van der Waals surface area contributed by atoms with Crippen molar-refractivity contribution in [2.45, 2.75) is 61.8 Å². The van der Waals surface area contributed by atoms with E-state index in [0.29, 0.717) is 4.68 Å². The fourth-order valence-corrected chi connectivity index (χ4v) is 5.91. The molecule has 1 aromatic carbocycles. The molecule has 2 aromatic rings. The first-order valence-electron chi connectivity index (χ1n) is 11.4. The Labute approximate surface area is 213 Å². The lowest BCUT2D eigenvalue weighted by atomic mass is 9.67. The molecule has 38 heavy (non-hydrogen) atoms. The van der Waals surface area contributed by atoms with Gasteiger partial charge >= 0.3 is 6.18 Å². The zero-order valence-corrected chi connectivity index (χ0v) is 21.1. The van der Waals surface area contributed by atoms with Crippen LogP contribution in [0, 0.1) is 5.41 Å². The number of hydrogen-bond donors (Lipinski definition) is 2. The maximum absolute atomic E-state index is 15.0. The second-order valence-corrected chi connectivity index (χ2v) is 12.4. The van der Waals surface area contributed by atoms with Crippen LogP contribution in [0.1, 0.15) is 54.4 Å². The first-order chi connectivity index (χ1) is 17.4. The Morgan fingerprint density at radius 2 is 1.84 bits per heavy atom. The molecule has 1 heterocycles. The number of aliphatic hydroxyl groups excluding tert-OH is 1. The Bertz CT molecular complexity index is 1420. The third-order valence-electron chi connectivity index (χ3n) is 6.41. The van der Waals surface area contributed by atoms with Crippen LogP contribution >= 0.6 is 0 Å². The number of nitrogens with one attached hydrogen (secondary N) is 1. The van der Waals surface area contributed by atoms with Crippen molar-refractivity contribution in [1.29, 1.82) is 0 Å². The number of aliphatic hydroxyl groups is 1. The molecule has 2 fully saturated rings. The number of rotatable bonds is 7. The zero-order valence-electron chi connectivity index (χ0n) is 20.2. The number of anilines is 1. The van der Waals surface area contributed by atoms with Crippen molar-refractivity contribution in [1.82, 2.24) is 9.78 Å². The normalized spacial score (nSPS) is 20.7. The lowest BCUT2D eigenvalue weighted by Gasteiger charge is -2.44. The van der Waals surface area contributed by atoms with Gasteiger partial charge in [-0.05, 0) is 36.5 Å². The van der Waals surface area contributed by atoms with E-state index >= 15 is 0 Å². The van der Waals surface area contributed by atoms with Gasteiger partial charge in [0, 0.05) is 36.2 Å². The summed E-state index contributed by atoms with van der Waals surface area (Å²) in [6.07, 6.45) is -5.83. The Morgan fingerprint density at radius 3 is 2.37 bits per heavy atom. The predicted molar refractivity (Wildman–Crippen MR) is 123 cm³/mol. The van der Waals surface area contributed by atoms with Gasteiger partial charge in [0.05, 0.1) is 9.73 Å². The van der Waals surface area contributed by atoms with Crippen molar-refractivity contribution in [3.63, 3.8) is 0 Å². The van der Waals surface area contributed by atoms with E-state index in [1.165, 1.54) is 25.1 Å². The summed E-state index contributed by atoms with van der Waals surface area (Å²) in [4.78, 5) is 24.6. The van der Waals surface area contributed by atoms with Crippen molar-refractivity contribution < 1.29 is 45.2 Å². The molecule has 1 unspecified atom stereocenters. The fraction of sp³-hybridized carbons (Fsp3) is 0.522. The number of halogens is 6. The lowest BCUT2D eigenvalue weighted by Crippen LogP contribution is -2.47. The van der Waals surface area contributed by atoms with Gasteiger partial charge in [0.2, 0.25) is 5.92 Å². The van der Waals surface area contributed by atoms with Crippen LogP contribution in [0.3, 0.4) is 0 Å². The van der Waals surface area contributed by atoms with Crippen LogP contribution < -0.4 is 5.32 Å². The van der Waals surface area contributed by atoms with E-state index in [1.54, 1.807) is 0 Å². The number of hydrogen-bond acceptors (Lipinski definition) is 5. The molecule has 2 N–H and O–H groups in total. The molecule has 0 spiro atoms. The molecule has 0 bridgehead atoms. The first kappa shape index (κ1) is 28.1. The number of aromatic nitrogens is 2. The summed E-state index contributed by atoms with van der Waals surface area (Å²) in [7, 11) is -3.38. The molecule has 1 atom stereocenters. The quantitative estimate of drug-likeness (QED) is 0.479. The minimum Gasteiger partial charge on any atom is -0.386 e. The molecular weight excluding hydrogens is 542 g/mol. The van der Waals surface area contributed by atoms with Crippen molar-refractivity contribution in [2.24, 2.45) is 9.78 Å². The summed E-state index contributed by atoms with van der Waals surface area (Å²) in [5.41, 5.74) is -7.26. The number of carbonyl (C=O) groups is 2. The molecule has 208 valence electrons. The summed E-state index contributed by atoms with van der Waals surface area (Å²) < 4.78 is 102. The van der Waals surface area contributed by atoms with Gasteiger partial charge < -0.3 is 10.4 Å². The van der Waals surface area contributed by atoms with Crippen LogP contribution in [0.5, 0.6) is 0 Å². The second kappa shape index (κ2) is 9.07. The number of amides is 2. The van der Waals surface area contributed by atoms with Gasteiger partial charge in [-0.15, -0.1) is 0 Å². The van der Waals surface area contributed by atoms with Crippen LogP contribution in [0.2, 0.25) is 0 Å². The minimum atomic E-state index is -5.19. The lowest BCUT2D eigenvalue weighted by molar-refractivity contribution is -0.160. The van der Waals surface area contributed by atoms with E-state index in [9.17, 15) is 40.1 Å². The summed E-state index contributed by atoms with van der Waals surface area (Å²) in [5.74, 6) is -5.40. The smallest absolute Gasteiger partial charge is 0.386 e. The van der Waals surface area contributed by atoms with Gasteiger partial charge in [-0.2, -0.15) is 22.6 Å². The molecule has 2 aliphatic rings. The third-order valence-corrected chi connectivity index (χ3v) is 8.09. The van der Waals surface area contributed by atoms with E-state index in [0.717, 1.165) is 12.3 Å². The van der Waals surface area contributed by atoms with Gasteiger partial charge in [-0.25, -0.2) is 17.4 Å². The molecule has 1 aromatic heterocycles. The molecule has 2 saturated carbocycles. The number of carbonyl (C=O) groups excluding carboxylic acids is 2. The SMILES string of the molecule is CC1(Cn2nc(C3(F)CC3)c(C(F)(F)F)c2C(=O)Nc2cccc(S(C)(=O)=NC(=O)CO)c2)CC(F)(F)C1. The van der Waals surface area contributed by atoms with Crippen LogP contribution in [0.4, 0.5) is 32.0 Å². The second-order valence-electron chi connectivity index (χ2n) is 10.1. The van der Waals surface area contributed by atoms with Crippen molar-refractivity contribution in [2.75, 3.05) is 18.2 Å². The fourth-order valence-electron chi connectivity index (χ4n) is 4.68. The molecular formula is C23H24F6N4O4S. The monoisotopic (exact) mass is 566 g/mol. The topological polar surface area (TPSA) is 114 Å². The van der Waals surface area contributed by atoms with Crippen LogP contribution in [-0.2, 0) is 32.9 Å². The van der Waals surface area contributed by atoms with Crippen molar-refractivity contribution in [3.05, 3.63) is 41.2 Å². The summed E-state index contributed by atoms with van der Waals surface area (Å²) in [6.45, 7) is -0.0499. The van der Waals surface area contributed by atoms with Crippen LogP contribution in [0.25, 0.3) is 0 Å². The Balaban J connectivity index is 1.75. The highest BCUT2D eigenvalue weighted by Crippen LogP contribution is 2.55. The van der Waals surface area contributed by atoms with Crippen LogP contribution in [-0.4, -0.2) is 49.7 Å². The number of nitrogens with zero attached hydrogens (tertiary/aromatic N) is 3.